The van der Waals surface area contributed by atoms with E-state index in [0.717, 1.165) is 6.42 Å². The van der Waals surface area contributed by atoms with Crippen molar-refractivity contribution >= 4 is 5.69 Å². The van der Waals surface area contributed by atoms with Crippen LogP contribution in [0.4, 0.5) is 5.69 Å². The SMILES string of the molecule is Cc1cc(CC(C)N)ccc1N(C)C1CCN(C)CC1. The molecule has 1 atom stereocenters. The van der Waals surface area contributed by atoms with E-state index in [-0.39, 0.29) is 6.04 Å². The Labute approximate surface area is 123 Å². The molecule has 3 heteroatoms. The van der Waals surface area contributed by atoms with Gasteiger partial charge in [0.2, 0.25) is 0 Å². The number of aryl methyl sites for hydroxylation is 1. The summed E-state index contributed by atoms with van der Waals surface area (Å²) in [6.07, 6.45) is 3.47. The molecule has 0 spiro atoms. The second-order valence-corrected chi connectivity index (χ2v) is 6.45. The fourth-order valence-electron chi connectivity index (χ4n) is 3.19. The highest BCUT2D eigenvalue weighted by Gasteiger charge is 2.21. The lowest BCUT2D eigenvalue weighted by atomic mass is 10.00. The Hall–Kier alpha value is -1.06. The van der Waals surface area contributed by atoms with Crippen LogP contribution >= 0.6 is 0 Å². The maximum absolute atomic E-state index is 5.89. The number of hydrogen-bond donors (Lipinski definition) is 1. The van der Waals surface area contributed by atoms with Gasteiger partial charge in [-0.15, -0.1) is 0 Å². The van der Waals surface area contributed by atoms with Gasteiger partial charge in [-0.3, -0.25) is 0 Å². The van der Waals surface area contributed by atoms with E-state index in [4.69, 9.17) is 5.73 Å². The van der Waals surface area contributed by atoms with E-state index in [1.54, 1.807) is 0 Å². The molecule has 1 heterocycles. The predicted octanol–water partition coefficient (Wildman–Crippen LogP) is 2.42. The minimum atomic E-state index is 0.229. The summed E-state index contributed by atoms with van der Waals surface area (Å²) in [5, 5.41) is 0. The molecule has 112 valence electrons. The molecule has 0 aliphatic carbocycles. The maximum atomic E-state index is 5.89. The number of benzene rings is 1. The molecule has 1 unspecified atom stereocenters. The zero-order chi connectivity index (χ0) is 14.7. The number of anilines is 1. The van der Waals surface area contributed by atoms with Crippen molar-refractivity contribution in [3.8, 4) is 0 Å². The van der Waals surface area contributed by atoms with Crippen molar-refractivity contribution < 1.29 is 0 Å². The second kappa shape index (κ2) is 6.59. The summed E-state index contributed by atoms with van der Waals surface area (Å²) in [7, 11) is 4.45. The van der Waals surface area contributed by atoms with Gasteiger partial charge in [0.15, 0.2) is 0 Å². The largest absolute Gasteiger partial charge is 0.371 e. The number of likely N-dealkylation sites (tertiary alicyclic amines) is 1. The van der Waals surface area contributed by atoms with Crippen molar-refractivity contribution in [2.45, 2.75) is 45.2 Å². The van der Waals surface area contributed by atoms with Gasteiger partial charge in [0.05, 0.1) is 0 Å². The predicted molar refractivity (Wildman–Crippen MR) is 87.5 cm³/mol. The number of nitrogens with two attached hydrogens (primary N) is 1. The molecule has 1 fully saturated rings. The fraction of sp³-hybridized carbons (Fsp3) is 0.647. The first-order chi connectivity index (χ1) is 9.47. The molecule has 1 aromatic rings. The Morgan fingerprint density at radius 1 is 1.35 bits per heavy atom. The van der Waals surface area contributed by atoms with Crippen LogP contribution in [0.15, 0.2) is 18.2 Å². The summed E-state index contributed by atoms with van der Waals surface area (Å²) in [5.74, 6) is 0. The van der Waals surface area contributed by atoms with Crippen molar-refractivity contribution in [3.63, 3.8) is 0 Å². The molecule has 1 aliphatic rings. The van der Waals surface area contributed by atoms with Crippen LogP contribution in [0.5, 0.6) is 0 Å². The van der Waals surface area contributed by atoms with Crippen molar-refractivity contribution in [2.24, 2.45) is 5.73 Å². The van der Waals surface area contributed by atoms with E-state index in [0.29, 0.717) is 6.04 Å². The average molecular weight is 275 g/mol. The van der Waals surface area contributed by atoms with E-state index >= 15 is 0 Å². The minimum absolute atomic E-state index is 0.229. The van der Waals surface area contributed by atoms with Gasteiger partial charge in [0.25, 0.3) is 0 Å². The van der Waals surface area contributed by atoms with Crippen molar-refractivity contribution in [3.05, 3.63) is 29.3 Å². The molecule has 1 aromatic carbocycles. The van der Waals surface area contributed by atoms with Gasteiger partial charge in [0.1, 0.15) is 0 Å². The molecule has 1 aliphatic heterocycles. The topological polar surface area (TPSA) is 32.5 Å². The first-order valence-corrected chi connectivity index (χ1v) is 7.74. The smallest absolute Gasteiger partial charge is 0.0396 e. The number of rotatable bonds is 4. The first-order valence-electron chi connectivity index (χ1n) is 7.74. The summed E-state index contributed by atoms with van der Waals surface area (Å²) in [4.78, 5) is 4.89. The molecule has 0 radical (unpaired) electrons. The van der Waals surface area contributed by atoms with Gasteiger partial charge in [-0.25, -0.2) is 0 Å². The number of hydrogen-bond acceptors (Lipinski definition) is 3. The number of piperidine rings is 1. The lowest BCUT2D eigenvalue weighted by Gasteiger charge is -2.37. The van der Waals surface area contributed by atoms with Gasteiger partial charge >= 0.3 is 0 Å². The summed E-state index contributed by atoms with van der Waals surface area (Å²) in [5.41, 5.74) is 9.97. The average Bonchev–Trinajstić information content (AvgIpc) is 2.38. The lowest BCUT2D eigenvalue weighted by Crippen LogP contribution is -2.42. The minimum Gasteiger partial charge on any atom is -0.371 e. The van der Waals surface area contributed by atoms with E-state index in [1.807, 2.05) is 0 Å². The second-order valence-electron chi connectivity index (χ2n) is 6.45. The highest BCUT2D eigenvalue weighted by Crippen LogP contribution is 2.26. The van der Waals surface area contributed by atoms with Crippen molar-refractivity contribution in [1.82, 2.24) is 4.90 Å². The Morgan fingerprint density at radius 3 is 2.55 bits per heavy atom. The molecule has 20 heavy (non-hydrogen) atoms. The molecule has 0 bridgehead atoms. The lowest BCUT2D eigenvalue weighted by molar-refractivity contribution is 0.253. The van der Waals surface area contributed by atoms with Crippen molar-refractivity contribution in [1.29, 1.82) is 0 Å². The van der Waals surface area contributed by atoms with E-state index in [9.17, 15) is 0 Å². The van der Waals surface area contributed by atoms with Crippen LogP contribution in [0.2, 0.25) is 0 Å². The van der Waals surface area contributed by atoms with E-state index in [2.05, 4.69) is 55.9 Å². The van der Waals surface area contributed by atoms with E-state index < -0.39 is 0 Å². The zero-order valence-corrected chi connectivity index (χ0v) is 13.4. The molecule has 0 amide bonds. The Bertz CT molecular complexity index is 434. The Balaban J connectivity index is 2.08. The van der Waals surface area contributed by atoms with Crippen LogP contribution in [0.25, 0.3) is 0 Å². The Kier molecular flexibility index (Phi) is 5.06. The standard InChI is InChI=1S/C17H29N3/c1-13-11-15(12-14(2)18)5-6-17(13)20(4)16-7-9-19(3)10-8-16/h5-6,11,14,16H,7-10,12,18H2,1-4H3. The fourth-order valence-corrected chi connectivity index (χ4v) is 3.19. The summed E-state index contributed by atoms with van der Waals surface area (Å²) >= 11 is 0. The van der Waals surface area contributed by atoms with Crippen LogP contribution in [0, 0.1) is 6.92 Å². The van der Waals surface area contributed by atoms with Crippen LogP contribution in [-0.2, 0) is 6.42 Å². The molecule has 1 saturated heterocycles. The van der Waals surface area contributed by atoms with Gasteiger partial charge in [-0.1, -0.05) is 12.1 Å². The van der Waals surface area contributed by atoms with Gasteiger partial charge in [-0.2, -0.15) is 0 Å². The normalized spacial score (nSPS) is 19.1. The van der Waals surface area contributed by atoms with Crippen LogP contribution in [-0.4, -0.2) is 44.2 Å². The van der Waals surface area contributed by atoms with Gasteiger partial charge in [-0.05, 0) is 70.4 Å². The van der Waals surface area contributed by atoms with Crippen molar-refractivity contribution in [2.75, 3.05) is 32.1 Å². The van der Waals surface area contributed by atoms with Crippen LogP contribution in [0.1, 0.15) is 30.9 Å². The molecule has 3 nitrogen and oxygen atoms in total. The quantitative estimate of drug-likeness (QED) is 0.916. The monoisotopic (exact) mass is 275 g/mol. The summed E-state index contributed by atoms with van der Waals surface area (Å²) in [6.45, 7) is 6.69. The summed E-state index contributed by atoms with van der Waals surface area (Å²) < 4.78 is 0. The zero-order valence-electron chi connectivity index (χ0n) is 13.4. The van der Waals surface area contributed by atoms with Gasteiger partial charge in [0, 0.05) is 24.8 Å². The third kappa shape index (κ3) is 3.74. The Morgan fingerprint density at radius 2 is 2.00 bits per heavy atom. The maximum Gasteiger partial charge on any atom is 0.0396 e. The van der Waals surface area contributed by atoms with E-state index in [1.165, 1.54) is 42.7 Å². The molecule has 0 aromatic heterocycles. The van der Waals surface area contributed by atoms with Crippen LogP contribution < -0.4 is 10.6 Å². The number of nitrogens with zero attached hydrogens (tertiary/aromatic N) is 2. The first kappa shape index (κ1) is 15.3. The highest BCUT2D eigenvalue weighted by molar-refractivity contribution is 5.54. The third-order valence-electron chi connectivity index (χ3n) is 4.43. The van der Waals surface area contributed by atoms with Crippen LogP contribution in [0.3, 0.4) is 0 Å². The third-order valence-corrected chi connectivity index (χ3v) is 4.43. The molecule has 2 rings (SSSR count). The molecule has 0 saturated carbocycles. The molecular formula is C17H29N3. The highest BCUT2D eigenvalue weighted by atomic mass is 15.2. The molecule has 2 N–H and O–H groups in total. The molecular weight excluding hydrogens is 246 g/mol. The van der Waals surface area contributed by atoms with Gasteiger partial charge < -0.3 is 15.5 Å². The summed E-state index contributed by atoms with van der Waals surface area (Å²) in [6, 6.07) is 7.70.